The largest absolute Gasteiger partial charge is 0.306 e. The third kappa shape index (κ3) is 1.27. The summed E-state index contributed by atoms with van der Waals surface area (Å²) in [6.45, 7) is 1.08. The first-order valence-corrected chi connectivity index (χ1v) is 5.76. The molecule has 0 spiro atoms. The highest BCUT2D eigenvalue weighted by molar-refractivity contribution is 5.34. The molecule has 1 N–H and O–H groups in total. The summed E-state index contributed by atoms with van der Waals surface area (Å²) in [6, 6.07) is 9.55. The molecular weight excluding hydrogens is 170 g/mol. The SMILES string of the molecule is c1ccc2c(c1)CNC2C1CCCC1. The monoisotopic (exact) mass is 187 g/mol. The molecule has 0 aromatic heterocycles. The fourth-order valence-electron chi connectivity index (χ4n) is 3.04. The van der Waals surface area contributed by atoms with Crippen LogP contribution in [0.1, 0.15) is 42.9 Å². The molecule has 2 aliphatic rings. The lowest BCUT2D eigenvalue weighted by Crippen LogP contribution is -2.19. The van der Waals surface area contributed by atoms with E-state index in [9.17, 15) is 0 Å². The van der Waals surface area contributed by atoms with Gasteiger partial charge in [-0.3, -0.25) is 0 Å². The first kappa shape index (κ1) is 8.49. The highest BCUT2D eigenvalue weighted by atomic mass is 14.9. The van der Waals surface area contributed by atoms with E-state index in [0.29, 0.717) is 6.04 Å². The van der Waals surface area contributed by atoms with Crippen LogP contribution in [-0.2, 0) is 6.54 Å². The molecule has 1 unspecified atom stereocenters. The van der Waals surface area contributed by atoms with E-state index in [1.165, 1.54) is 31.2 Å². The molecule has 1 atom stereocenters. The smallest absolute Gasteiger partial charge is 0.0354 e. The molecule has 0 saturated heterocycles. The number of rotatable bonds is 1. The molecule has 1 aliphatic carbocycles. The van der Waals surface area contributed by atoms with E-state index in [1.807, 2.05) is 0 Å². The van der Waals surface area contributed by atoms with Crippen molar-refractivity contribution in [3.63, 3.8) is 0 Å². The van der Waals surface area contributed by atoms with Gasteiger partial charge in [0.15, 0.2) is 0 Å². The van der Waals surface area contributed by atoms with Gasteiger partial charge in [-0.25, -0.2) is 0 Å². The lowest BCUT2D eigenvalue weighted by molar-refractivity contribution is 0.390. The van der Waals surface area contributed by atoms with Gasteiger partial charge in [0, 0.05) is 12.6 Å². The molecule has 0 amide bonds. The second kappa shape index (κ2) is 3.39. The molecule has 1 fully saturated rings. The number of benzene rings is 1. The molecule has 1 heteroatoms. The van der Waals surface area contributed by atoms with Crippen molar-refractivity contribution >= 4 is 0 Å². The van der Waals surface area contributed by atoms with Crippen LogP contribution in [0.25, 0.3) is 0 Å². The predicted octanol–water partition coefficient (Wildman–Crippen LogP) is 3.02. The van der Waals surface area contributed by atoms with Crippen LogP contribution in [-0.4, -0.2) is 0 Å². The molecule has 3 rings (SSSR count). The zero-order chi connectivity index (χ0) is 9.38. The zero-order valence-electron chi connectivity index (χ0n) is 8.50. The molecule has 14 heavy (non-hydrogen) atoms. The number of nitrogens with one attached hydrogen (secondary N) is 1. The molecule has 74 valence electrons. The second-order valence-electron chi connectivity index (χ2n) is 4.60. The summed E-state index contributed by atoms with van der Waals surface area (Å²) >= 11 is 0. The number of fused-ring (bicyclic) bond motifs is 1. The summed E-state index contributed by atoms with van der Waals surface area (Å²) in [4.78, 5) is 0. The van der Waals surface area contributed by atoms with E-state index in [1.54, 1.807) is 5.56 Å². The number of hydrogen-bond acceptors (Lipinski definition) is 1. The topological polar surface area (TPSA) is 12.0 Å². The van der Waals surface area contributed by atoms with E-state index >= 15 is 0 Å². The third-order valence-electron chi connectivity index (χ3n) is 3.77. The molecule has 0 bridgehead atoms. The van der Waals surface area contributed by atoms with Crippen LogP contribution in [0, 0.1) is 5.92 Å². The van der Waals surface area contributed by atoms with Crippen molar-refractivity contribution < 1.29 is 0 Å². The van der Waals surface area contributed by atoms with Gasteiger partial charge in [0.25, 0.3) is 0 Å². The van der Waals surface area contributed by atoms with E-state index in [4.69, 9.17) is 0 Å². The quantitative estimate of drug-likeness (QED) is 0.712. The van der Waals surface area contributed by atoms with Gasteiger partial charge in [-0.2, -0.15) is 0 Å². The molecule has 0 radical (unpaired) electrons. The molecule has 1 aromatic carbocycles. The summed E-state index contributed by atoms with van der Waals surface area (Å²) in [5.74, 6) is 0.902. The fraction of sp³-hybridized carbons (Fsp3) is 0.538. The first-order chi connectivity index (χ1) is 6.95. The average Bonchev–Trinajstić information content (AvgIpc) is 2.85. The van der Waals surface area contributed by atoms with Crippen LogP contribution in [0.3, 0.4) is 0 Å². The van der Waals surface area contributed by atoms with E-state index in [0.717, 1.165) is 12.5 Å². The Morgan fingerprint density at radius 1 is 1.07 bits per heavy atom. The maximum absolute atomic E-state index is 3.66. The van der Waals surface area contributed by atoms with Crippen LogP contribution in [0.4, 0.5) is 0 Å². The highest BCUT2D eigenvalue weighted by Crippen LogP contribution is 2.39. The minimum Gasteiger partial charge on any atom is -0.306 e. The van der Waals surface area contributed by atoms with Crippen LogP contribution in [0.15, 0.2) is 24.3 Å². The molecule has 1 aromatic rings. The molecule has 1 aliphatic heterocycles. The summed E-state index contributed by atoms with van der Waals surface area (Å²) in [5, 5.41) is 3.66. The maximum atomic E-state index is 3.66. The lowest BCUT2D eigenvalue weighted by Gasteiger charge is -2.19. The fourth-order valence-corrected chi connectivity index (χ4v) is 3.04. The minimum atomic E-state index is 0.661. The maximum Gasteiger partial charge on any atom is 0.0354 e. The average molecular weight is 187 g/mol. The predicted molar refractivity (Wildman–Crippen MR) is 58.0 cm³/mol. The van der Waals surface area contributed by atoms with Crippen molar-refractivity contribution in [2.24, 2.45) is 5.92 Å². The van der Waals surface area contributed by atoms with Crippen molar-refractivity contribution in [2.45, 2.75) is 38.3 Å². The minimum absolute atomic E-state index is 0.661. The Morgan fingerprint density at radius 3 is 2.71 bits per heavy atom. The lowest BCUT2D eigenvalue weighted by atomic mass is 9.92. The Balaban J connectivity index is 1.89. The second-order valence-corrected chi connectivity index (χ2v) is 4.60. The van der Waals surface area contributed by atoms with Gasteiger partial charge < -0.3 is 5.32 Å². The summed E-state index contributed by atoms with van der Waals surface area (Å²) < 4.78 is 0. The van der Waals surface area contributed by atoms with Gasteiger partial charge in [0.2, 0.25) is 0 Å². The Bertz CT molecular complexity index is 326. The van der Waals surface area contributed by atoms with Crippen molar-refractivity contribution in [1.82, 2.24) is 5.32 Å². The van der Waals surface area contributed by atoms with Gasteiger partial charge >= 0.3 is 0 Å². The van der Waals surface area contributed by atoms with Crippen molar-refractivity contribution in [2.75, 3.05) is 0 Å². The summed E-state index contributed by atoms with van der Waals surface area (Å²) in [5.41, 5.74) is 3.09. The van der Waals surface area contributed by atoms with E-state index in [2.05, 4.69) is 29.6 Å². The zero-order valence-corrected chi connectivity index (χ0v) is 8.50. The Labute approximate surface area is 85.5 Å². The summed E-state index contributed by atoms with van der Waals surface area (Å²) in [6.07, 6.45) is 5.72. The molecule has 1 heterocycles. The van der Waals surface area contributed by atoms with Crippen molar-refractivity contribution in [1.29, 1.82) is 0 Å². The molecule has 1 saturated carbocycles. The van der Waals surface area contributed by atoms with Gasteiger partial charge in [-0.1, -0.05) is 37.1 Å². The number of hydrogen-bond donors (Lipinski definition) is 1. The van der Waals surface area contributed by atoms with Gasteiger partial charge in [0.1, 0.15) is 0 Å². The van der Waals surface area contributed by atoms with Crippen molar-refractivity contribution in [3.05, 3.63) is 35.4 Å². The highest BCUT2D eigenvalue weighted by Gasteiger charge is 2.30. The Kier molecular flexibility index (Phi) is 2.06. The Hall–Kier alpha value is -0.820. The first-order valence-electron chi connectivity index (χ1n) is 5.76. The standard InChI is InChI=1S/C13H17N/c1-2-6-10(5-1)13-12-8-4-3-7-11(12)9-14-13/h3-4,7-8,10,13-14H,1-2,5-6,9H2. The Morgan fingerprint density at radius 2 is 1.86 bits per heavy atom. The van der Waals surface area contributed by atoms with E-state index in [-0.39, 0.29) is 0 Å². The van der Waals surface area contributed by atoms with Gasteiger partial charge in [0.05, 0.1) is 0 Å². The normalized spacial score (nSPS) is 26.7. The molecular formula is C13H17N. The third-order valence-corrected chi connectivity index (χ3v) is 3.77. The van der Waals surface area contributed by atoms with Crippen LogP contribution >= 0.6 is 0 Å². The van der Waals surface area contributed by atoms with Gasteiger partial charge in [-0.05, 0) is 29.9 Å². The molecule has 1 nitrogen and oxygen atoms in total. The van der Waals surface area contributed by atoms with Crippen LogP contribution < -0.4 is 5.32 Å². The van der Waals surface area contributed by atoms with Crippen molar-refractivity contribution in [3.8, 4) is 0 Å². The van der Waals surface area contributed by atoms with E-state index < -0.39 is 0 Å². The summed E-state index contributed by atoms with van der Waals surface area (Å²) in [7, 11) is 0. The van der Waals surface area contributed by atoms with Crippen LogP contribution in [0.5, 0.6) is 0 Å². The van der Waals surface area contributed by atoms with Crippen LogP contribution in [0.2, 0.25) is 0 Å². The van der Waals surface area contributed by atoms with Gasteiger partial charge in [-0.15, -0.1) is 0 Å².